The van der Waals surface area contributed by atoms with Crippen LogP contribution in [0.3, 0.4) is 0 Å². The van der Waals surface area contributed by atoms with Gasteiger partial charge in [0.15, 0.2) is 11.5 Å². The molecule has 1 unspecified atom stereocenters. The molecule has 130 valence electrons. The summed E-state index contributed by atoms with van der Waals surface area (Å²) in [4.78, 5) is 17.5. The summed E-state index contributed by atoms with van der Waals surface area (Å²) in [5.74, 6) is 7.36. The Bertz CT molecular complexity index is 863. The molecule has 0 aromatic carbocycles. The van der Waals surface area contributed by atoms with Crippen LogP contribution in [0.1, 0.15) is 30.7 Å². The van der Waals surface area contributed by atoms with E-state index >= 15 is 0 Å². The van der Waals surface area contributed by atoms with Gasteiger partial charge in [-0.25, -0.2) is 15.0 Å². The van der Waals surface area contributed by atoms with Gasteiger partial charge in [0.2, 0.25) is 0 Å². The Kier molecular flexibility index (Phi) is 4.77. The highest BCUT2D eigenvalue weighted by molar-refractivity contribution is 5.50. The van der Waals surface area contributed by atoms with E-state index in [0.717, 1.165) is 38.2 Å². The van der Waals surface area contributed by atoms with Crippen molar-refractivity contribution in [3.8, 4) is 17.9 Å². The van der Waals surface area contributed by atoms with Gasteiger partial charge in [0.05, 0.1) is 6.04 Å². The molecule has 2 saturated heterocycles. The van der Waals surface area contributed by atoms with Crippen LogP contribution in [0.15, 0.2) is 36.8 Å². The van der Waals surface area contributed by atoms with Gasteiger partial charge in [-0.1, -0.05) is 12.0 Å². The second-order valence-corrected chi connectivity index (χ2v) is 6.61. The molecule has 6 heteroatoms. The normalized spacial score (nSPS) is 22.7. The van der Waals surface area contributed by atoms with E-state index in [-0.39, 0.29) is 6.04 Å². The lowest BCUT2D eigenvalue weighted by molar-refractivity contribution is 0.100. The smallest absolute Gasteiger partial charge is 0.183 e. The largest absolute Gasteiger partial charge is 0.351 e. The summed E-state index contributed by atoms with van der Waals surface area (Å²) >= 11 is 0. The highest BCUT2D eigenvalue weighted by Crippen LogP contribution is 2.28. The van der Waals surface area contributed by atoms with Crippen molar-refractivity contribution in [2.75, 3.05) is 24.5 Å². The van der Waals surface area contributed by atoms with Crippen molar-refractivity contribution < 1.29 is 0 Å². The van der Waals surface area contributed by atoms with E-state index in [0.29, 0.717) is 17.6 Å². The van der Waals surface area contributed by atoms with Crippen molar-refractivity contribution in [1.29, 1.82) is 5.26 Å². The van der Waals surface area contributed by atoms with E-state index in [9.17, 15) is 5.26 Å². The fraction of sp³-hybridized carbons (Fsp3) is 0.400. The van der Waals surface area contributed by atoms with Crippen LogP contribution >= 0.6 is 0 Å². The Morgan fingerprint density at radius 3 is 2.81 bits per heavy atom. The summed E-state index contributed by atoms with van der Waals surface area (Å²) in [6, 6.07) is 8.68. The van der Waals surface area contributed by atoms with Crippen LogP contribution in [0.5, 0.6) is 0 Å². The molecule has 0 N–H and O–H groups in total. The van der Waals surface area contributed by atoms with E-state index in [1.807, 2.05) is 18.2 Å². The number of nitrogens with zero attached hydrogens (tertiary/aromatic N) is 6. The zero-order chi connectivity index (χ0) is 17.8. The van der Waals surface area contributed by atoms with E-state index in [1.54, 1.807) is 18.6 Å². The molecule has 0 aliphatic carbocycles. The highest BCUT2D eigenvalue weighted by Gasteiger charge is 2.35. The first-order valence-electron chi connectivity index (χ1n) is 8.99. The standard InChI is InChI=1S/C20H20N6/c21-14-19-20(24-11-10-23-19)25-12-13-26-17(5-3-6-18(26)15-25)8-7-16-4-1-2-9-22-16/h1-2,4,9-11,17-18H,3,5-6,12-13,15H2/t17-,18?/m1/s1. The molecule has 4 heterocycles. The topological polar surface area (TPSA) is 68.9 Å². The van der Waals surface area contributed by atoms with Crippen molar-refractivity contribution in [2.45, 2.75) is 31.3 Å². The average molecular weight is 344 g/mol. The van der Waals surface area contributed by atoms with Crippen molar-refractivity contribution in [1.82, 2.24) is 19.9 Å². The molecular weight excluding hydrogens is 324 g/mol. The van der Waals surface area contributed by atoms with Crippen LogP contribution < -0.4 is 4.90 Å². The molecule has 2 fully saturated rings. The lowest BCUT2D eigenvalue weighted by Crippen LogP contribution is -2.58. The zero-order valence-electron chi connectivity index (χ0n) is 14.5. The third-order valence-electron chi connectivity index (χ3n) is 5.06. The molecule has 0 bridgehead atoms. The highest BCUT2D eigenvalue weighted by atomic mass is 15.3. The maximum Gasteiger partial charge on any atom is 0.183 e. The van der Waals surface area contributed by atoms with Crippen LogP contribution in [0.4, 0.5) is 5.82 Å². The van der Waals surface area contributed by atoms with Gasteiger partial charge in [0.1, 0.15) is 11.8 Å². The molecule has 0 radical (unpaired) electrons. The first-order chi connectivity index (χ1) is 12.8. The SMILES string of the molecule is N#Cc1nccnc1N1CCN2C(CCC[C@@H]2C#Cc2ccccn2)C1. The third-order valence-corrected chi connectivity index (χ3v) is 5.06. The Balaban J connectivity index is 1.49. The molecule has 26 heavy (non-hydrogen) atoms. The molecule has 0 saturated carbocycles. The second-order valence-electron chi connectivity index (χ2n) is 6.61. The minimum absolute atomic E-state index is 0.273. The van der Waals surface area contributed by atoms with Crippen molar-refractivity contribution in [2.24, 2.45) is 0 Å². The quantitative estimate of drug-likeness (QED) is 0.735. The predicted octanol–water partition coefficient (Wildman–Crippen LogP) is 1.84. The van der Waals surface area contributed by atoms with Gasteiger partial charge in [-0.3, -0.25) is 4.90 Å². The summed E-state index contributed by atoms with van der Waals surface area (Å²) in [5, 5.41) is 9.29. The Labute approximate surface area is 153 Å². The predicted molar refractivity (Wildman–Crippen MR) is 98.2 cm³/mol. The van der Waals surface area contributed by atoms with Gasteiger partial charge in [-0.05, 0) is 37.3 Å². The summed E-state index contributed by atoms with van der Waals surface area (Å²) in [6.07, 6.45) is 8.43. The number of pyridine rings is 1. The number of piperazine rings is 1. The van der Waals surface area contributed by atoms with Gasteiger partial charge in [0, 0.05) is 44.3 Å². The molecule has 4 rings (SSSR count). The minimum Gasteiger partial charge on any atom is -0.351 e. The molecule has 0 spiro atoms. The van der Waals surface area contributed by atoms with E-state index in [4.69, 9.17) is 0 Å². The van der Waals surface area contributed by atoms with Crippen LogP contribution in [0, 0.1) is 23.2 Å². The van der Waals surface area contributed by atoms with E-state index < -0.39 is 0 Å². The van der Waals surface area contributed by atoms with Gasteiger partial charge in [-0.15, -0.1) is 0 Å². The van der Waals surface area contributed by atoms with Crippen LogP contribution in [0.2, 0.25) is 0 Å². The molecule has 0 amide bonds. The van der Waals surface area contributed by atoms with E-state index in [2.05, 4.69) is 42.7 Å². The molecule has 2 aliphatic heterocycles. The second kappa shape index (κ2) is 7.51. The Morgan fingerprint density at radius 1 is 1.04 bits per heavy atom. The van der Waals surface area contributed by atoms with Crippen LogP contribution in [0.25, 0.3) is 0 Å². The maximum atomic E-state index is 9.29. The summed E-state index contributed by atoms with van der Waals surface area (Å²) < 4.78 is 0. The maximum absolute atomic E-state index is 9.29. The first kappa shape index (κ1) is 16.5. The van der Waals surface area contributed by atoms with Crippen LogP contribution in [-0.4, -0.2) is 51.6 Å². The van der Waals surface area contributed by atoms with Crippen molar-refractivity contribution in [3.63, 3.8) is 0 Å². The minimum atomic E-state index is 0.273. The Morgan fingerprint density at radius 2 is 1.96 bits per heavy atom. The monoisotopic (exact) mass is 344 g/mol. The number of rotatable bonds is 1. The van der Waals surface area contributed by atoms with Gasteiger partial charge >= 0.3 is 0 Å². The summed E-state index contributed by atoms with van der Waals surface area (Å²) in [6.45, 7) is 2.63. The lowest BCUT2D eigenvalue weighted by Gasteiger charge is -2.47. The number of hydrogen-bond acceptors (Lipinski definition) is 6. The molecule has 6 nitrogen and oxygen atoms in total. The number of anilines is 1. The molecule has 2 aromatic heterocycles. The Hall–Kier alpha value is -2.96. The number of nitriles is 1. The number of piperidine rings is 1. The van der Waals surface area contributed by atoms with Crippen molar-refractivity contribution in [3.05, 3.63) is 48.2 Å². The fourth-order valence-electron chi connectivity index (χ4n) is 3.83. The van der Waals surface area contributed by atoms with Crippen LogP contribution in [-0.2, 0) is 0 Å². The summed E-state index contributed by atoms with van der Waals surface area (Å²) in [5.41, 5.74) is 1.23. The summed E-state index contributed by atoms with van der Waals surface area (Å²) in [7, 11) is 0. The molecule has 2 aliphatic rings. The van der Waals surface area contributed by atoms with Gasteiger partial charge < -0.3 is 4.90 Å². The van der Waals surface area contributed by atoms with Gasteiger partial charge in [0.25, 0.3) is 0 Å². The fourth-order valence-corrected chi connectivity index (χ4v) is 3.83. The van der Waals surface area contributed by atoms with E-state index in [1.165, 1.54) is 6.42 Å². The lowest BCUT2D eigenvalue weighted by atomic mass is 9.93. The van der Waals surface area contributed by atoms with Gasteiger partial charge in [-0.2, -0.15) is 5.26 Å². The molecular formula is C20H20N6. The average Bonchev–Trinajstić information content (AvgIpc) is 2.72. The zero-order valence-corrected chi connectivity index (χ0v) is 14.5. The number of hydrogen-bond donors (Lipinski definition) is 0. The van der Waals surface area contributed by atoms with Crippen molar-refractivity contribution >= 4 is 5.82 Å². The number of fused-ring (bicyclic) bond motifs is 1. The number of aromatic nitrogens is 3. The first-order valence-corrected chi connectivity index (χ1v) is 8.99. The molecule has 2 atom stereocenters. The third kappa shape index (κ3) is 3.37. The molecule has 2 aromatic rings.